The highest BCUT2D eigenvalue weighted by atomic mass is 32.1. The van der Waals surface area contributed by atoms with Crippen LogP contribution in [0.1, 0.15) is 23.0 Å². The highest BCUT2D eigenvalue weighted by molar-refractivity contribution is 7.10. The third-order valence-electron chi connectivity index (χ3n) is 4.15. The fourth-order valence-corrected chi connectivity index (χ4v) is 3.95. The Morgan fingerprint density at radius 3 is 3.16 bits per heavy atom. The maximum absolute atomic E-state index is 14.3. The first kappa shape index (κ1) is 16.0. The Morgan fingerprint density at radius 1 is 1.44 bits per heavy atom. The van der Waals surface area contributed by atoms with Crippen LogP contribution in [-0.2, 0) is 16.0 Å². The van der Waals surface area contributed by atoms with Gasteiger partial charge >= 0.3 is 0 Å². The van der Waals surface area contributed by atoms with Crippen molar-refractivity contribution in [1.29, 1.82) is 0 Å². The van der Waals surface area contributed by atoms with E-state index >= 15 is 0 Å². The smallest absolute Gasteiger partial charge is 0.227 e. The second kappa shape index (κ2) is 6.78. The van der Waals surface area contributed by atoms with Crippen LogP contribution in [0.3, 0.4) is 0 Å². The van der Waals surface area contributed by atoms with Crippen molar-refractivity contribution in [2.75, 3.05) is 11.9 Å². The molecule has 3 aromatic rings. The van der Waals surface area contributed by atoms with Gasteiger partial charge in [-0.15, -0.1) is 11.3 Å². The number of imidazole rings is 1. The molecule has 0 spiro atoms. The van der Waals surface area contributed by atoms with Crippen molar-refractivity contribution in [3.8, 4) is 5.69 Å². The zero-order chi connectivity index (χ0) is 17.2. The van der Waals surface area contributed by atoms with Crippen molar-refractivity contribution in [3.63, 3.8) is 0 Å². The average Bonchev–Trinajstić information content (AvgIpc) is 3.27. The summed E-state index contributed by atoms with van der Waals surface area (Å²) in [6, 6.07) is 6.68. The maximum Gasteiger partial charge on any atom is 0.227 e. The lowest BCUT2D eigenvalue weighted by Crippen LogP contribution is -2.21. The predicted molar refractivity (Wildman–Crippen MR) is 93.5 cm³/mol. The van der Waals surface area contributed by atoms with E-state index in [1.54, 1.807) is 40.4 Å². The summed E-state index contributed by atoms with van der Waals surface area (Å²) in [6.45, 7) is 0.621. The molecule has 0 fully saturated rings. The van der Waals surface area contributed by atoms with Crippen molar-refractivity contribution < 1.29 is 13.9 Å². The number of nitrogens with one attached hydrogen (secondary N) is 1. The Morgan fingerprint density at radius 2 is 2.36 bits per heavy atom. The van der Waals surface area contributed by atoms with Gasteiger partial charge in [-0.25, -0.2) is 9.37 Å². The number of anilines is 1. The number of halogens is 1. The number of ether oxygens (including phenoxy) is 1. The minimum atomic E-state index is -0.426. The van der Waals surface area contributed by atoms with Gasteiger partial charge in [0.1, 0.15) is 11.9 Å². The second-order valence-corrected chi connectivity index (χ2v) is 6.76. The minimum absolute atomic E-state index is 0.193. The SMILES string of the molecule is O=C(CC1OCCc2ccsc21)Nc1ccc(-n2ccnc2)c(F)c1. The van der Waals surface area contributed by atoms with Crippen molar-refractivity contribution in [2.24, 2.45) is 0 Å². The lowest BCUT2D eigenvalue weighted by Gasteiger charge is -2.22. The minimum Gasteiger partial charge on any atom is -0.372 e. The molecule has 1 unspecified atom stereocenters. The monoisotopic (exact) mass is 357 g/mol. The molecule has 1 atom stereocenters. The van der Waals surface area contributed by atoms with E-state index in [4.69, 9.17) is 4.74 Å². The molecule has 7 heteroatoms. The molecule has 0 saturated carbocycles. The summed E-state index contributed by atoms with van der Waals surface area (Å²) in [7, 11) is 0. The number of amides is 1. The first-order chi connectivity index (χ1) is 12.2. The number of aromatic nitrogens is 2. The topological polar surface area (TPSA) is 56.1 Å². The van der Waals surface area contributed by atoms with Gasteiger partial charge in [0, 0.05) is 23.0 Å². The fraction of sp³-hybridized carbons (Fsp3) is 0.222. The first-order valence-corrected chi connectivity index (χ1v) is 8.84. The number of rotatable bonds is 4. The van der Waals surface area contributed by atoms with E-state index in [2.05, 4.69) is 16.4 Å². The van der Waals surface area contributed by atoms with Crippen LogP contribution in [0, 0.1) is 5.82 Å². The van der Waals surface area contributed by atoms with Crippen LogP contribution in [0.5, 0.6) is 0 Å². The Labute approximate surface area is 148 Å². The maximum atomic E-state index is 14.3. The summed E-state index contributed by atoms with van der Waals surface area (Å²) >= 11 is 1.61. The Balaban J connectivity index is 1.44. The third-order valence-corrected chi connectivity index (χ3v) is 5.20. The molecule has 1 N–H and O–H groups in total. The van der Waals surface area contributed by atoms with Gasteiger partial charge < -0.3 is 14.6 Å². The van der Waals surface area contributed by atoms with E-state index in [0.717, 1.165) is 11.3 Å². The highest BCUT2D eigenvalue weighted by Crippen LogP contribution is 2.34. The van der Waals surface area contributed by atoms with E-state index in [0.29, 0.717) is 18.0 Å². The van der Waals surface area contributed by atoms with Crippen LogP contribution in [-0.4, -0.2) is 22.1 Å². The third kappa shape index (κ3) is 3.33. The van der Waals surface area contributed by atoms with E-state index in [9.17, 15) is 9.18 Å². The molecule has 3 heterocycles. The Hall–Kier alpha value is -2.51. The highest BCUT2D eigenvalue weighted by Gasteiger charge is 2.24. The molecular formula is C18H16FN3O2S. The van der Waals surface area contributed by atoms with E-state index in [1.165, 1.54) is 18.0 Å². The van der Waals surface area contributed by atoms with Gasteiger partial charge in [0.25, 0.3) is 0 Å². The molecule has 2 aromatic heterocycles. The van der Waals surface area contributed by atoms with Crippen LogP contribution in [0.4, 0.5) is 10.1 Å². The summed E-state index contributed by atoms with van der Waals surface area (Å²) in [5, 5.41) is 4.77. The summed E-state index contributed by atoms with van der Waals surface area (Å²) < 4.78 is 21.6. The van der Waals surface area contributed by atoms with Gasteiger partial charge in [-0.3, -0.25) is 4.79 Å². The molecule has 0 bridgehead atoms. The van der Waals surface area contributed by atoms with E-state index < -0.39 is 5.82 Å². The van der Waals surface area contributed by atoms with Crippen LogP contribution < -0.4 is 5.32 Å². The number of hydrogen-bond donors (Lipinski definition) is 1. The van der Waals surface area contributed by atoms with Crippen LogP contribution in [0.2, 0.25) is 0 Å². The van der Waals surface area contributed by atoms with Crippen molar-refractivity contribution in [2.45, 2.75) is 18.9 Å². The zero-order valence-corrected chi connectivity index (χ0v) is 14.1. The molecule has 0 radical (unpaired) electrons. The average molecular weight is 357 g/mol. The number of nitrogens with zero attached hydrogens (tertiary/aromatic N) is 2. The number of fused-ring (bicyclic) bond motifs is 1. The van der Waals surface area contributed by atoms with Crippen LogP contribution >= 0.6 is 11.3 Å². The normalized spacial score (nSPS) is 16.4. The van der Waals surface area contributed by atoms with Crippen molar-refractivity contribution in [1.82, 2.24) is 9.55 Å². The number of hydrogen-bond acceptors (Lipinski definition) is 4. The number of benzene rings is 1. The first-order valence-electron chi connectivity index (χ1n) is 7.96. The van der Waals surface area contributed by atoms with Gasteiger partial charge in [-0.05, 0) is 41.6 Å². The Kier molecular flexibility index (Phi) is 4.33. The van der Waals surface area contributed by atoms with Gasteiger partial charge in [0.15, 0.2) is 0 Å². The molecule has 1 aliphatic rings. The Bertz CT molecular complexity index is 892. The molecule has 1 aromatic carbocycles. The molecule has 5 nitrogen and oxygen atoms in total. The second-order valence-electron chi connectivity index (χ2n) is 5.81. The quantitative estimate of drug-likeness (QED) is 0.774. The van der Waals surface area contributed by atoms with E-state index in [-0.39, 0.29) is 18.4 Å². The largest absolute Gasteiger partial charge is 0.372 e. The van der Waals surface area contributed by atoms with Gasteiger partial charge in [0.2, 0.25) is 5.91 Å². The zero-order valence-electron chi connectivity index (χ0n) is 13.3. The molecule has 1 amide bonds. The molecule has 4 rings (SSSR count). The van der Waals surface area contributed by atoms with Crippen LogP contribution in [0.25, 0.3) is 5.69 Å². The summed E-state index contributed by atoms with van der Waals surface area (Å²) in [5.41, 5.74) is 2.06. The molecule has 0 aliphatic carbocycles. The molecule has 25 heavy (non-hydrogen) atoms. The van der Waals surface area contributed by atoms with Crippen molar-refractivity contribution >= 4 is 22.9 Å². The summed E-state index contributed by atoms with van der Waals surface area (Å²) in [4.78, 5) is 17.3. The van der Waals surface area contributed by atoms with Gasteiger partial charge in [0.05, 0.1) is 25.0 Å². The molecule has 128 valence electrons. The summed E-state index contributed by atoms with van der Waals surface area (Å²) in [5.74, 6) is -0.619. The van der Waals surface area contributed by atoms with Gasteiger partial charge in [-0.2, -0.15) is 0 Å². The van der Waals surface area contributed by atoms with E-state index in [1.807, 2.05) is 5.38 Å². The molecule has 1 aliphatic heterocycles. The molecule has 0 saturated heterocycles. The lowest BCUT2D eigenvalue weighted by molar-refractivity contribution is -0.119. The number of carbonyl (C=O) groups is 1. The lowest BCUT2D eigenvalue weighted by atomic mass is 10.1. The van der Waals surface area contributed by atoms with Crippen molar-refractivity contribution in [3.05, 3.63) is 64.6 Å². The van der Waals surface area contributed by atoms with Gasteiger partial charge in [-0.1, -0.05) is 0 Å². The standard InChI is InChI=1S/C18H16FN3O2S/c19-14-9-13(1-2-15(14)22-6-5-20-11-22)21-17(23)10-16-18-12(3-7-24-16)4-8-25-18/h1-2,4-6,8-9,11,16H,3,7,10H2,(H,21,23). The number of thiophene rings is 1. The molecular weight excluding hydrogens is 341 g/mol. The number of carbonyl (C=O) groups excluding carboxylic acids is 1. The predicted octanol–water partition coefficient (Wildman–Crippen LogP) is 3.72. The van der Waals surface area contributed by atoms with Crippen LogP contribution in [0.15, 0.2) is 48.4 Å². The summed E-state index contributed by atoms with van der Waals surface area (Å²) in [6.07, 6.45) is 5.65. The fourth-order valence-electron chi connectivity index (χ4n) is 2.95.